The Morgan fingerprint density at radius 1 is 0.481 bits per heavy atom. The molecule has 0 nitrogen and oxygen atoms in total. The van der Waals surface area contributed by atoms with Gasteiger partial charge in [-0.3, -0.25) is 0 Å². The first-order valence-corrected chi connectivity index (χ1v) is 13.0. The fourth-order valence-corrected chi connectivity index (χ4v) is 10.9. The Labute approximate surface area is 168 Å². The van der Waals surface area contributed by atoms with E-state index in [0.717, 1.165) is 52.8 Å². The van der Waals surface area contributed by atoms with E-state index < -0.39 is 0 Å². The van der Waals surface area contributed by atoms with Gasteiger partial charge < -0.3 is 0 Å². The summed E-state index contributed by atoms with van der Waals surface area (Å²) in [5, 5.41) is 0. The van der Waals surface area contributed by atoms with E-state index in [1.54, 1.807) is 69.8 Å². The first-order chi connectivity index (χ1) is 13.3. The van der Waals surface area contributed by atoms with E-state index in [0.29, 0.717) is 0 Å². The average molecular weight is 367 g/mol. The molecule has 27 heavy (non-hydrogen) atoms. The van der Waals surface area contributed by atoms with Crippen LogP contribution in [-0.4, -0.2) is 0 Å². The van der Waals surface area contributed by atoms with Crippen molar-refractivity contribution in [3.05, 3.63) is 12.2 Å². The van der Waals surface area contributed by atoms with Crippen LogP contribution in [0.5, 0.6) is 0 Å². The summed E-state index contributed by atoms with van der Waals surface area (Å²) in [6.45, 7) is 4.85. The largest absolute Gasteiger partial charge is 0.0993 e. The molecule has 0 N–H and O–H groups in total. The molecule has 8 atom stereocenters. The molecule has 6 fully saturated rings. The smallest absolute Gasteiger partial charge is 0.0167 e. The molecule has 0 aromatic heterocycles. The fraction of sp³-hybridized carbons (Fsp3) is 0.926. The molecule has 0 heteroatoms. The van der Waals surface area contributed by atoms with Crippen LogP contribution in [0.4, 0.5) is 0 Å². The molecular weight excluding hydrogens is 324 g/mol. The van der Waals surface area contributed by atoms with Crippen LogP contribution in [0.3, 0.4) is 0 Å². The van der Waals surface area contributed by atoms with Crippen LogP contribution in [0.25, 0.3) is 0 Å². The molecule has 8 unspecified atom stereocenters. The maximum atomic E-state index is 4.85. The lowest BCUT2D eigenvalue weighted by Gasteiger charge is -2.64. The molecular formula is C27H42. The SMILES string of the molecule is C=C1C2CCCCC2C2(C3CCCCC13)C1CCCCC1C1CCCCC12. The second-order valence-electron chi connectivity index (χ2n) is 11.7. The molecule has 6 aliphatic rings. The van der Waals surface area contributed by atoms with E-state index >= 15 is 0 Å². The molecule has 0 aromatic rings. The molecule has 6 aliphatic carbocycles. The van der Waals surface area contributed by atoms with Gasteiger partial charge in [0.1, 0.15) is 0 Å². The number of rotatable bonds is 0. The highest BCUT2D eigenvalue weighted by atomic mass is 14.7. The Balaban J connectivity index is 1.52. The molecule has 0 radical (unpaired) electrons. The van der Waals surface area contributed by atoms with Crippen molar-refractivity contribution < 1.29 is 0 Å². The zero-order valence-electron chi connectivity index (χ0n) is 17.6. The zero-order chi connectivity index (χ0) is 18.0. The minimum atomic E-state index is 0.757. The summed E-state index contributed by atoms with van der Waals surface area (Å²) in [6.07, 6.45) is 24.8. The molecule has 0 saturated heterocycles. The number of hydrogen-bond acceptors (Lipinski definition) is 0. The van der Waals surface area contributed by atoms with E-state index in [1.807, 2.05) is 0 Å². The Hall–Kier alpha value is -0.260. The standard InChI is InChI=1S/C27H42/c1-18-19-10-2-6-14-23(19)27(24-15-7-3-11-20(18)24)25-16-8-4-12-21(25)22-13-5-9-17-26(22)27/h19-26H,1-17H2. The van der Waals surface area contributed by atoms with Crippen molar-refractivity contribution in [1.82, 2.24) is 0 Å². The first-order valence-electron chi connectivity index (χ1n) is 13.0. The fourth-order valence-electron chi connectivity index (χ4n) is 10.9. The van der Waals surface area contributed by atoms with Crippen molar-refractivity contribution in [1.29, 1.82) is 0 Å². The number of fused-ring (bicyclic) bond motifs is 9. The minimum absolute atomic E-state index is 0.757. The third-order valence-corrected chi connectivity index (χ3v) is 11.2. The summed E-state index contributed by atoms with van der Waals surface area (Å²) >= 11 is 0. The van der Waals surface area contributed by atoms with Crippen molar-refractivity contribution in [2.75, 3.05) is 0 Å². The zero-order valence-corrected chi connectivity index (χ0v) is 17.6. The van der Waals surface area contributed by atoms with Crippen molar-refractivity contribution in [2.24, 2.45) is 52.8 Å². The number of allylic oxidation sites excluding steroid dienone is 1. The molecule has 0 bridgehead atoms. The highest BCUT2D eigenvalue weighted by molar-refractivity contribution is 5.25. The van der Waals surface area contributed by atoms with E-state index in [2.05, 4.69) is 0 Å². The normalized spacial score (nSPS) is 54.7. The Kier molecular flexibility index (Phi) is 4.32. The molecule has 1 spiro atoms. The van der Waals surface area contributed by atoms with Gasteiger partial charge in [-0.15, -0.1) is 0 Å². The highest BCUT2D eigenvalue weighted by Crippen LogP contribution is 2.75. The van der Waals surface area contributed by atoms with E-state index in [9.17, 15) is 0 Å². The quantitative estimate of drug-likeness (QED) is 0.384. The third kappa shape index (κ3) is 2.28. The lowest BCUT2D eigenvalue weighted by atomic mass is 9.40. The van der Waals surface area contributed by atoms with Gasteiger partial charge in [-0.25, -0.2) is 0 Å². The lowest BCUT2D eigenvalue weighted by molar-refractivity contribution is -0.128. The summed E-state index contributed by atoms with van der Waals surface area (Å²) in [6, 6.07) is 0. The molecule has 0 aromatic carbocycles. The summed E-state index contributed by atoms with van der Waals surface area (Å²) in [7, 11) is 0. The van der Waals surface area contributed by atoms with E-state index in [-0.39, 0.29) is 0 Å². The summed E-state index contributed by atoms with van der Waals surface area (Å²) in [5.74, 6) is 8.39. The van der Waals surface area contributed by atoms with Crippen LogP contribution in [0.1, 0.15) is 103 Å². The van der Waals surface area contributed by atoms with Crippen LogP contribution in [-0.2, 0) is 0 Å². The van der Waals surface area contributed by atoms with Gasteiger partial charge in [0.05, 0.1) is 0 Å². The topological polar surface area (TPSA) is 0 Å². The van der Waals surface area contributed by atoms with Gasteiger partial charge in [0.15, 0.2) is 0 Å². The Bertz CT molecular complexity index is 537. The van der Waals surface area contributed by atoms with Crippen molar-refractivity contribution in [3.63, 3.8) is 0 Å². The van der Waals surface area contributed by atoms with E-state index in [1.165, 1.54) is 38.5 Å². The van der Waals surface area contributed by atoms with Crippen LogP contribution >= 0.6 is 0 Å². The summed E-state index contributed by atoms with van der Waals surface area (Å²) in [5.41, 5.74) is 2.52. The van der Waals surface area contributed by atoms with Crippen molar-refractivity contribution in [3.8, 4) is 0 Å². The lowest BCUT2D eigenvalue weighted by Crippen LogP contribution is -2.58. The van der Waals surface area contributed by atoms with Crippen LogP contribution in [0, 0.1) is 52.8 Å². The first kappa shape index (κ1) is 17.6. The van der Waals surface area contributed by atoms with Gasteiger partial charge in [0, 0.05) is 0 Å². The molecule has 0 amide bonds. The summed E-state index contributed by atoms with van der Waals surface area (Å²) < 4.78 is 0. The minimum Gasteiger partial charge on any atom is -0.0993 e. The Morgan fingerprint density at radius 3 is 1.33 bits per heavy atom. The second-order valence-corrected chi connectivity index (χ2v) is 11.7. The van der Waals surface area contributed by atoms with Gasteiger partial charge in [-0.05, 0) is 104 Å². The maximum Gasteiger partial charge on any atom is -0.0167 e. The van der Waals surface area contributed by atoms with Gasteiger partial charge in [0.2, 0.25) is 0 Å². The monoisotopic (exact) mass is 366 g/mol. The maximum absolute atomic E-state index is 4.85. The average Bonchev–Trinajstić information content (AvgIpc) is 3.04. The molecule has 6 rings (SSSR count). The van der Waals surface area contributed by atoms with E-state index in [4.69, 9.17) is 6.58 Å². The van der Waals surface area contributed by atoms with Crippen LogP contribution < -0.4 is 0 Å². The van der Waals surface area contributed by atoms with Crippen LogP contribution in [0.2, 0.25) is 0 Å². The van der Waals surface area contributed by atoms with Gasteiger partial charge in [-0.1, -0.05) is 63.5 Å². The van der Waals surface area contributed by atoms with Gasteiger partial charge in [-0.2, -0.15) is 0 Å². The number of hydrogen-bond donors (Lipinski definition) is 0. The predicted octanol–water partition coefficient (Wildman–Crippen LogP) is 7.78. The molecule has 0 heterocycles. The molecule has 0 aliphatic heterocycles. The molecule has 6 saturated carbocycles. The molecule has 150 valence electrons. The predicted molar refractivity (Wildman–Crippen MR) is 113 cm³/mol. The van der Waals surface area contributed by atoms with Crippen molar-refractivity contribution >= 4 is 0 Å². The second kappa shape index (κ2) is 6.63. The summed E-state index contributed by atoms with van der Waals surface area (Å²) in [4.78, 5) is 0. The van der Waals surface area contributed by atoms with Gasteiger partial charge in [0.25, 0.3) is 0 Å². The third-order valence-electron chi connectivity index (χ3n) is 11.2. The Morgan fingerprint density at radius 2 is 0.852 bits per heavy atom. The van der Waals surface area contributed by atoms with Crippen LogP contribution in [0.15, 0.2) is 12.2 Å². The van der Waals surface area contributed by atoms with Gasteiger partial charge >= 0.3 is 0 Å². The highest BCUT2D eigenvalue weighted by Gasteiger charge is 2.69. The van der Waals surface area contributed by atoms with Crippen molar-refractivity contribution in [2.45, 2.75) is 103 Å².